The zero-order valence-corrected chi connectivity index (χ0v) is 19.7. The van der Waals surface area contributed by atoms with Crippen LogP contribution in [0.15, 0.2) is 29.2 Å². The van der Waals surface area contributed by atoms with Crippen molar-refractivity contribution in [3.05, 3.63) is 29.8 Å². The largest absolute Gasteiger partial charge is 0.297 e. The molecule has 1 aromatic rings. The molecule has 0 aromatic heterocycles. The lowest BCUT2D eigenvalue weighted by Crippen LogP contribution is -2.53. The summed E-state index contributed by atoms with van der Waals surface area (Å²) in [6.45, 7) is 7.07. The van der Waals surface area contributed by atoms with E-state index >= 15 is 0 Å². The molecule has 3 nitrogen and oxygen atoms in total. The van der Waals surface area contributed by atoms with Crippen molar-refractivity contribution < 1.29 is 12.6 Å². The van der Waals surface area contributed by atoms with E-state index in [4.69, 9.17) is 4.18 Å². The number of fused-ring (bicyclic) bond motifs is 5. The van der Waals surface area contributed by atoms with Gasteiger partial charge in [0.05, 0.1) is 11.0 Å². The van der Waals surface area contributed by atoms with Crippen LogP contribution in [0, 0.1) is 41.4 Å². The normalized spacial score (nSPS) is 43.5. The molecule has 166 valence electrons. The fraction of sp³-hybridized carbons (Fsp3) is 0.769. The third-order valence-electron chi connectivity index (χ3n) is 9.97. The van der Waals surface area contributed by atoms with Gasteiger partial charge < -0.3 is 0 Å². The van der Waals surface area contributed by atoms with Gasteiger partial charge in [-0.3, -0.25) is 4.18 Å². The molecule has 4 saturated carbocycles. The Bertz CT molecular complexity index is 891. The van der Waals surface area contributed by atoms with Crippen molar-refractivity contribution in [3.8, 4) is 0 Å². The molecule has 0 N–H and O–H groups in total. The standard InChI is InChI=1S/C26H38O3S/c1-18-6-9-21(10-7-18)30(27,28)29-20-12-16-26(3)19(17-20)8-11-22-23-5-4-14-25(23,2)15-13-24(22)26/h6-7,9-10,19-20,22-24H,4-5,8,11-17H2,1-3H3/t19-,20-,22+,23+,24+,25+,26+/m1/s1. The van der Waals surface area contributed by atoms with Crippen molar-refractivity contribution in [2.24, 2.45) is 34.5 Å². The molecule has 0 aliphatic heterocycles. The highest BCUT2D eigenvalue weighted by Crippen LogP contribution is 2.66. The molecule has 7 atom stereocenters. The quantitative estimate of drug-likeness (QED) is 0.514. The van der Waals surface area contributed by atoms with E-state index in [0.29, 0.717) is 16.7 Å². The fourth-order valence-corrected chi connectivity index (χ4v) is 9.35. The lowest BCUT2D eigenvalue weighted by Gasteiger charge is -2.60. The molecule has 0 unspecified atom stereocenters. The third kappa shape index (κ3) is 3.37. The molecule has 1 aromatic carbocycles. The summed E-state index contributed by atoms with van der Waals surface area (Å²) < 4.78 is 31.4. The summed E-state index contributed by atoms with van der Waals surface area (Å²) >= 11 is 0. The molecule has 0 radical (unpaired) electrons. The molecule has 0 heterocycles. The highest BCUT2D eigenvalue weighted by molar-refractivity contribution is 7.86. The zero-order valence-electron chi connectivity index (χ0n) is 18.9. The minimum atomic E-state index is -3.68. The fourth-order valence-electron chi connectivity index (χ4n) is 8.24. The van der Waals surface area contributed by atoms with Crippen LogP contribution in [0.1, 0.15) is 83.6 Å². The third-order valence-corrected chi connectivity index (χ3v) is 11.3. The Morgan fingerprint density at radius 1 is 0.900 bits per heavy atom. The highest BCUT2D eigenvalue weighted by atomic mass is 32.2. The van der Waals surface area contributed by atoms with Gasteiger partial charge in [0.2, 0.25) is 0 Å². The summed E-state index contributed by atoms with van der Waals surface area (Å²) in [4.78, 5) is 0.290. The van der Waals surface area contributed by atoms with Crippen LogP contribution in [0.3, 0.4) is 0 Å². The predicted octanol–water partition coefficient (Wildman–Crippen LogP) is 6.50. The topological polar surface area (TPSA) is 43.4 Å². The molecule has 0 saturated heterocycles. The second-order valence-corrected chi connectivity index (χ2v) is 13.1. The average molecular weight is 431 g/mol. The van der Waals surface area contributed by atoms with Gasteiger partial charge in [-0.1, -0.05) is 38.0 Å². The maximum absolute atomic E-state index is 12.8. The van der Waals surface area contributed by atoms with E-state index in [1.807, 2.05) is 19.1 Å². The van der Waals surface area contributed by atoms with Gasteiger partial charge in [-0.2, -0.15) is 8.42 Å². The monoisotopic (exact) mass is 430 g/mol. The van der Waals surface area contributed by atoms with E-state index in [1.54, 1.807) is 12.1 Å². The second kappa shape index (κ2) is 7.33. The van der Waals surface area contributed by atoms with Gasteiger partial charge in [0.1, 0.15) is 0 Å². The number of hydrogen-bond donors (Lipinski definition) is 0. The van der Waals surface area contributed by atoms with Crippen LogP contribution in [-0.4, -0.2) is 14.5 Å². The summed E-state index contributed by atoms with van der Waals surface area (Å²) in [5, 5.41) is 0. The first-order valence-electron chi connectivity index (χ1n) is 12.2. The Morgan fingerprint density at radius 2 is 1.67 bits per heavy atom. The summed E-state index contributed by atoms with van der Waals surface area (Å²) in [5.41, 5.74) is 2.04. The minimum absolute atomic E-state index is 0.161. The molecule has 4 heteroatoms. The van der Waals surface area contributed by atoms with E-state index in [1.165, 1.54) is 44.9 Å². The second-order valence-electron chi connectivity index (χ2n) is 11.5. The van der Waals surface area contributed by atoms with Crippen LogP contribution < -0.4 is 0 Å². The van der Waals surface area contributed by atoms with Gasteiger partial charge in [-0.05, 0) is 111 Å². The van der Waals surface area contributed by atoms with Gasteiger partial charge >= 0.3 is 0 Å². The first-order valence-corrected chi connectivity index (χ1v) is 13.6. The van der Waals surface area contributed by atoms with Gasteiger partial charge in [0, 0.05) is 0 Å². The number of aryl methyl sites for hydroxylation is 1. The molecular weight excluding hydrogens is 392 g/mol. The Morgan fingerprint density at radius 3 is 2.43 bits per heavy atom. The average Bonchev–Trinajstić information content (AvgIpc) is 3.10. The Balaban J connectivity index is 1.30. The maximum atomic E-state index is 12.8. The van der Waals surface area contributed by atoms with E-state index < -0.39 is 10.1 Å². The van der Waals surface area contributed by atoms with Crippen molar-refractivity contribution in [1.82, 2.24) is 0 Å². The van der Waals surface area contributed by atoms with Crippen LogP contribution in [0.4, 0.5) is 0 Å². The summed E-state index contributed by atoms with van der Waals surface area (Å²) in [6.07, 6.45) is 12.5. The van der Waals surface area contributed by atoms with Gasteiger partial charge in [-0.25, -0.2) is 0 Å². The van der Waals surface area contributed by atoms with Crippen LogP contribution in [0.2, 0.25) is 0 Å². The molecule has 5 rings (SSSR count). The molecule has 4 aliphatic carbocycles. The van der Waals surface area contributed by atoms with Crippen molar-refractivity contribution in [1.29, 1.82) is 0 Å². The molecule has 30 heavy (non-hydrogen) atoms. The molecule has 4 aliphatic rings. The Hall–Kier alpha value is -0.870. The van der Waals surface area contributed by atoms with Crippen LogP contribution >= 0.6 is 0 Å². The molecular formula is C26H38O3S. The summed E-state index contributed by atoms with van der Waals surface area (Å²) in [6, 6.07) is 7.03. The van der Waals surface area contributed by atoms with Gasteiger partial charge in [-0.15, -0.1) is 0 Å². The smallest absolute Gasteiger partial charge is 0.263 e. The van der Waals surface area contributed by atoms with Crippen molar-refractivity contribution in [3.63, 3.8) is 0 Å². The lowest BCUT2D eigenvalue weighted by atomic mass is 9.45. The van der Waals surface area contributed by atoms with Crippen LogP contribution in [-0.2, 0) is 14.3 Å². The number of rotatable bonds is 3. The van der Waals surface area contributed by atoms with E-state index in [-0.39, 0.29) is 11.0 Å². The van der Waals surface area contributed by atoms with Crippen molar-refractivity contribution >= 4 is 10.1 Å². The van der Waals surface area contributed by atoms with Gasteiger partial charge in [0.25, 0.3) is 10.1 Å². The Kier molecular flexibility index (Phi) is 5.13. The van der Waals surface area contributed by atoms with Crippen molar-refractivity contribution in [2.45, 2.75) is 96.0 Å². The van der Waals surface area contributed by atoms with Gasteiger partial charge in [0.15, 0.2) is 0 Å². The highest BCUT2D eigenvalue weighted by Gasteiger charge is 2.58. The predicted molar refractivity (Wildman–Crippen MR) is 120 cm³/mol. The molecule has 0 amide bonds. The van der Waals surface area contributed by atoms with E-state index in [9.17, 15) is 8.42 Å². The first-order chi connectivity index (χ1) is 14.2. The van der Waals surface area contributed by atoms with Crippen molar-refractivity contribution in [2.75, 3.05) is 0 Å². The number of hydrogen-bond acceptors (Lipinski definition) is 3. The first kappa shape index (κ1) is 21.0. The molecule has 0 spiro atoms. The lowest BCUT2D eigenvalue weighted by molar-refractivity contribution is -0.117. The number of benzene rings is 1. The minimum Gasteiger partial charge on any atom is -0.263 e. The maximum Gasteiger partial charge on any atom is 0.297 e. The van der Waals surface area contributed by atoms with Crippen LogP contribution in [0.25, 0.3) is 0 Å². The molecule has 4 fully saturated rings. The zero-order chi connectivity index (χ0) is 21.1. The summed E-state index contributed by atoms with van der Waals surface area (Å²) in [7, 11) is -3.68. The van der Waals surface area contributed by atoms with E-state index in [2.05, 4.69) is 13.8 Å². The van der Waals surface area contributed by atoms with Crippen LogP contribution in [0.5, 0.6) is 0 Å². The summed E-state index contributed by atoms with van der Waals surface area (Å²) in [5.74, 6) is 3.28. The SMILES string of the molecule is Cc1ccc(S(=O)(=O)O[C@@H]2CC[C@@]3(C)[C@H](CC[C@H]4[C@@H]5CCC[C@@]5(C)CC[C@@H]43)C2)cc1. The Labute approximate surface area is 183 Å². The molecule has 0 bridgehead atoms. The van der Waals surface area contributed by atoms with E-state index in [0.717, 1.165) is 42.6 Å².